The van der Waals surface area contributed by atoms with Gasteiger partial charge in [0.25, 0.3) is 11.1 Å². The number of thioether (sulfide) groups is 1. The Morgan fingerprint density at radius 1 is 1.00 bits per heavy atom. The molecule has 1 saturated heterocycles. The summed E-state index contributed by atoms with van der Waals surface area (Å²) in [5.74, 6) is -1.27. The minimum Gasteiger partial charge on any atom is -0.493 e. The largest absolute Gasteiger partial charge is 0.493 e. The normalized spacial score (nSPS) is 14.1. The highest BCUT2D eigenvalue weighted by molar-refractivity contribution is 9.10. The first kappa shape index (κ1) is 26.6. The Bertz CT molecular complexity index is 1430. The molecule has 1 aliphatic heterocycles. The molecule has 37 heavy (non-hydrogen) atoms. The first-order valence-electron chi connectivity index (χ1n) is 10.7. The summed E-state index contributed by atoms with van der Waals surface area (Å²) in [5.41, 5.74) is 1.42. The Morgan fingerprint density at radius 2 is 1.70 bits per heavy atom. The minimum absolute atomic E-state index is 0.143. The van der Waals surface area contributed by atoms with E-state index in [1.54, 1.807) is 60.7 Å². The Morgan fingerprint density at radius 3 is 2.41 bits per heavy atom. The fourth-order valence-electron chi connectivity index (χ4n) is 3.35. The summed E-state index contributed by atoms with van der Waals surface area (Å²) < 4.78 is 12.0. The topological polar surface area (TPSA) is 102 Å². The van der Waals surface area contributed by atoms with E-state index in [-0.39, 0.29) is 16.4 Å². The zero-order valence-electron chi connectivity index (χ0n) is 19.2. The number of esters is 1. The van der Waals surface area contributed by atoms with Crippen LogP contribution in [0.5, 0.6) is 11.5 Å². The number of hydrogen-bond acceptors (Lipinski definition) is 7. The van der Waals surface area contributed by atoms with Crippen molar-refractivity contribution in [2.24, 2.45) is 0 Å². The SMILES string of the molecule is COc1cc(/C=C2\SC(=O)N(CC(=O)Nc3ccccc3)C2=O)cc(Br)c1OC(=O)c1ccccc1Br. The molecular formula is C26H18Br2N2O6S. The Kier molecular flexibility index (Phi) is 8.47. The van der Waals surface area contributed by atoms with E-state index in [1.165, 1.54) is 13.2 Å². The van der Waals surface area contributed by atoms with E-state index in [1.807, 2.05) is 6.07 Å². The number of carbonyl (C=O) groups excluding carboxylic acids is 4. The van der Waals surface area contributed by atoms with Crippen molar-refractivity contribution < 1.29 is 28.7 Å². The Labute approximate surface area is 233 Å². The summed E-state index contributed by atoms with van der Waals surface area (Å²) in [6, 6.07) is 18.8. The molecule has 0 bridgehead atoms. The van der Waals surface area contributed by atoms with Crippen LogP contribution in [-0.4, -0.2) is 41.6 Å². The predicted molar refractivity (Wildman–Crippen MR) is 148 cm³/mol. The van der Waals surface area contributed by atoms with Gasteiger partial charge in [-0.2, -0.15) is 0 Å². The van der Waals surface area contributed by atoms with Crippen molar-refractivity contribution in [3.63, 3.8) is 0 Å². The maximum atomic E-state index is 12.9. The molecule has 0 saturated carbocycles. The number of halogens is 2. The Hall–Kier alpha value is -3.41. The van der Waals surface area contributed by atoms with Crippen LogP contribution in [0.3, 0.4) is 0 Å². The summed E-state index contributed by atoms with van der Waals surface area (Å²) in [5, 5.41) is 2.10. The molecule has 1 aliphatic rings. The molecule has 0 spiro atoms. The van der Waals surface area contributed by atoms with Gasteiger partial charge in [0, 0.05) is 10.2 Å². The number of imide groups is 1. The molecule has 188 valence electrons. The van der Waals surface area contributed by atoms with E-state index in [4.69, 9.17) is 9.47 Å². The van der Waals surface area contributed by atoms with Crippen LogP contribution in [-0.2, 0) is 9.59 Å². The summed E-state index contributed by atoms with van der Waals surface area (Å²) in [6.45, 7) is -0.409. The van der Waals surface area contributed by atoms with Crippen LogP contribution in [0.25, 0.3) is 6.08 Å². The molecule has 0 radical (unpaired) electrons. The second kappa shape index (κ2) is 11.8. The fourth-order valence-corrected chi connectivity index (χ4v) is 5.18. The zero-order chi connectivity index (χ0) is 26.5. The van der Waals surface area contributed by atoms with Gasteiger partial charge in [-0.25, -0.2) is 4.79 Å². The van der Waals surface area contributed by atoms with E-state index >= 15 is 0 Å². The number of ether oxygens (including phenoxy) is 2. The lowest BCUT2D eigenvalue weighted by Crippen LogP contribution is -2.36. The molecule has 1 heterocycles. The molecule has 0 atom stereocenters. The van der Waals surface area contributed by atoms with E-state index in [9.17, 15) is 19.2 Å². The third-order valence-electron chi connectivity index (χ3n) is 5.07. The van der Waals surface area contributed by atoms with Crippen molar-refractivity contribution >= 4 is 78.4 Å². The molecule has 0 aromatic heterocycles. The predicted octanol–water partition coefficient (Wildman–Crippen LogP) is 6.11. The number of hydrogen-bond donors (Lipinski definition) is 1. The van der Waals surface area contributed by atoms with Crippen LogP contribution in [0.1, 0.15) is 15.9 Å². The van der Waals surface area contributed by atoms with Crippen LogP contribution in [0.2, 0.25) is 0 Å². The number of para-hydroxylation sites is 1. The van der Waals surface area contributed by atoms with Gasteiger partial charge in [-0.1, -0.05) is 30.3 Å². The summed E-state index contributed by atoms with van der Waals surface area (Å²) in [6.07, 6.45) is 1.51. The number of benzene rings is 3. The average molecular weight is 646 g/mol. The third-order valence-corrected chi connectivity index (χ3v) is 7.26. The van der Waals surface area contributed by atoms with Gasteiger partial charge in [0.05, 0.1) is 22.1 Å². The number of anilines is 1. The molecule has 0 aliphatic carbocycles. The van der Waals surface area contributed by atoms with Gasteiger partial charge >= 0.3 is 5.97 Å². The van der Waals surface area contributed by atoms with Gasteiger partial charge in [-0.3, -0.25) is 19.3 Å². The summed E-state index contributed by atoms with van der Waals surface area (Å²) in [4.78, 5) is 51.4. The van der Waals surface area contributed by atoms with E-state index in [0.717, 1.165) is 16.7 Å². The molecule has 1 N–H and O–H groups in total. The van der Waals surface area contributed by atoms with Crippen LogP contribution >= 0.6 is 43.6 Å². The molecular weight excluding hydrogens is 628 g/mol. The van der Waals surface area contributed by atoms with E-state index in [2.05, 4.69) is 37.2 Å². The minimum atomic E-state index is -0.589. The molecule has 3 amide bonds. The first-order chi connectivity index (χ1) is 17.8. The highest BCUT2D eigenvalue weighted by Gasteiger charge is 2.36. The maximum absolute atomic E-state index is 12.9. The summed E-state index contributed by atoms with van der Waals surface area (Å²) >= 11 is 7.45. The lowest BCUT2D eigenvalue weighted by Gasteiger charge is -2.13. The molecule has 4 rings (SSSR count). The average Bonchev–Trinajstić information content (AvgIpc) is 3.13. The number of nitrogens with zero attached hydrogens (tertiary/aromatic N) is 1. The number of rotatable bonds is 7. The molecule has 11 heteroatoms. The van der Waals surface area contributed by atoms with Gasteiger partial charge in [-0.05, 0) is 91.7 Å². The van der Waals surface area contributed by atoms with Crippen molar-refractivity contribution in [1.82, 2.24) is 4.90 Å². The second-order valence-corrected chi connectivity index (χ2v) is 10.3. The molecule has 0 unspecified atom stereocenters. The summed E-state index contributed by atoms with van der Waals surface area (Å²) in [7, 11) is 1.42. The number of amides is 3. The van der Waals surface area contributed by atoms with E-state index < -0.39 is 29.6 Å². The van der Waals surface area contributed by atoms with Crippen molar-refractivity contribution in [2.75, 3.05) is 19.0 Å². The first-order valence-corrected chi connectivity index (χ1v) is 13.1. The van der Waals surface area contributed by atoms with Crippen molar-refractivity contribution in [3.05, 3.63) is 91.7 Å². The fraction of sp³-hybridized carbons (Fsp3) is 0.0769. The molecule has 1 fully saturated rings. The van der Waals surface area contributed by atoms with Gasteiger partial charge < -0.3 is 14.8 Å². The van der Waals surface area contributed by atoms with Gasteiger partial charge in [0.2, 0.25) is 5.91 Å². The lowest BCUT2D eigenvalue weighted by atomic mass is 10.1. The maximum Gasteiger partial charge on any atom is 0.344 e. The van der Waals surface area contributed by atoms with Crippen LogP contribution in [0.15, 0.2) is 80.6 Å². The van der Waals surface area contributed by atoms with Gasteiger partial charge in [0.1, 0.15) is 6.54 Å². The third kappa shape index (κ3) is 6.30. The zero-order valence-corrected chi connectivity index (χ0v) is 23.2. The number of nitrogens with one attached hydrogen (secondary N) is 1. The van der Waals surface area contributed by atoms with Crippen LogP contribution in [0, 0.1) is 0 Å². The van der Waals surface area contributed by atoms with Gasteiger partial charge in [-0.15, -0.1) is 0 Å². The van der Waals surface area contributed by atoms with E-state index in [0.29, 0.717) is 25.8 Å². The molecule has 8 nitrogen and oxygen atoms in total. The number of methoxy groups -OCH3 is 1. The monoisotopic (exact) mass is 644 g/mol. The quantitative estimate of drug-likeness (QED) is 0.188. The smallest absolute Gasteiger partial charge is 0.344 e. The van der Waals surface area contributed by atoms with Crippen molar-refractivity contribution in [2.45, 2.75) is 0 Å². The molecule has 3 aromatic carbocycles. The van der Waals surface area contributed by atoms with Crippen molar-refractivity contribution in [3.8, 4) is 11.5 Å². The van der Waals surface area contributed by atoms with Gasteiger partial charge in [0.15, 0.2) is 11.5 Å². The standard InChI is InChI=1S/C26H18Br2N2O6S/c1-35-20-12-15(11-19(28)23(20)36-25(33)17-9-5-6-10-18(17)27)13-21-24(32)30(26(34)37-21)14-22(31)29-16-7-3-2-4-8-16/h2-13H,14H2,1H3,(H,29,31)/b21-13-. The highest BCUT2D eigenvalue weighted by atomic mass is 79.9. The van der Waals surface area contributed by atoms with Crippen LogP contribution in [0.4, 0.5) is 10.5 Å². The number of carbonyl (C=O) groups is 4. The second-order valence-electron chi connectivity index (χ2n) is 7.59. The van der Waals surface area contributed by atoms with Crippen LogP contribution < -0.4 is 14.8 Å². The highest BCUT2D eigenvalue weighted by Crippen LogP contribution is 2.39. The Balaban J connectivity index is 1.51. The van der Waals surface area contributed by atoms with Crippen molar-refractivity contribution in [1.29, 1.82) is 0 Å². The molecule has 3 aromatic rings. The lowest BCUT2D eigenvalue weighted by molar-refractivity contribution is -0.127.